The predicted octanol–water partition coefficient (Wildman–Crippen LogP) is 6.27. The number of carbonyl (C=O) groups excluding carboxylic acids is 2. The number of nitrogens with zero attached hydrogens (tertiary/aromatic N) is 2. The summed E-state index contributed by atoms with van der Waals surface area (Å²) in [4.78, 5) is 30.0. The molecular weight excluding hydrogens is 650 g/mol. The second kappa shape index (κ2) is 16.5. The second-order valence-electron chi connectivity index (χ2n) is 11.8. The van der Waals surface area contributed by atoms with Crippen molar-refractivity contribution >= 4 is 39.1 Å². The molecular formula is C37H42ClN3O6S. The first-order valence-corrected chi connectivity index (χ1v) is 17.4. The molecule has 48 heavy (non-hydrogen) atoms. The number of halogens is 1. The van der Waals surface area contributed by atoms with Crippen LogP contribution < -0.4 is 19.1 Å². The van der Waals surface area contributed by atoms with Crippen LogP contribution in [0.5, 0.6) is 11.5 Å². The summed E-state index contributed by atoms with van der Waals surface area (Å²) in [6.45, 7) is 5.83. The fourth-order valence-corrected chi connectivity index (χ4v) is 6.74. The molecule has 254 valence electrons. The lowest BCUT2D eigenvalue weighted by atomic mass is 10.0. The fourth-order valence-electron chi connectivity index (χ4n) is 5.19. The molecule has 0 fully saturated rings. The van der Waals surface area contributed by atoms with Crippen LogP contribution in [-0.4, -0.2) is 58.5 Å². The van der Waals surface area contributed by atoms with Gasteiger partial charge in [-0.2, -0.15) is 0 Å². The van der Waals surface area contributed by atoms with Gasteiger partial charge in [0, 0.05) is 30.6 Å². The minimum atomic E-state index is -4.35. The predicted molar refractivity (Wildman–Crippen MR) is 189 cm³/mol. The Kier molecular flexibility index (Phi) is 12.5. The molecule has 0 radical (unpaired) electrons. The van der Waals surface area contributed by atoms with E-state index in [0.29, 0.717) is 17.3 Å². The number of ether oxygens (including phenoxy) is 2. The molecule has 0 spiro atoms. The van der Waals surface area contributed by atoms with Crippen LogP contribution in [0.1, 0.15) is 30.5 Å². The Morgan fingerprint density at radius 2 is 1.50 bits per heavy atom. The Hall–Kier alpha value is -4.54. The first-order chi connectivity index (χ1) is 22.9. The van der Waals surface area contributed by atoms with Crippen molar-refractivity contribution in [2.75, 3.05) is 31.6 Å². The van der Waals surface area contributed by atoms with Gasteiger partial charge in [-0.05, 0) is 65.9 Å². The van der Waals surface area contributed by atoms with E-state index in [0.717, 1.165) is 21.0 Å². The lowest BCUT2D eigenvalue weighted by Crippen LogP contribution is -2.53. The Bertz CT molecular complexity index is 1800. The monoisotopic (exact) mass is 691 g/mol. The minimum Gasteiger partial charge on any atom is -0.493 e. The van der Waals surface area contributed by atoms with Crippen molar-refractivity contribution in [3.05, 3.63) is 119 Å². The molecule has 0 heterocycles. The molecule has 11 heteroatoms. The summed E-state index contributed by atoms with van der Waals surface area (Å²) in [6.07, 6.45) is 0.228. The zero-order valence-corrected chi connectivity index (χ0v) is 29.4. The van der Waals surface area contributed by atoms with E-state index in [9.17, 15) is 18.0 Å². The third-order valence-corrected chi connectivity index (χ3v) is 9.92. The molecule has 2 amide bonds. The van der Waals surface area contributed by atoms with Crippen LogP contribution in [-0.2, 0) is 32.6 Å². The van der Waals surface area contributed by atoms with Gasteiger partial charge >= 0.3 is 0 Å². The number of amides is 2. The van der Waals surface area contributed by atoms with Crippen molar-refractivity contribution in [3.63, 3.8) is 0 Å². The van der Waals surface area contributed by atoms with Gasteiger partial charge in [0.1, 0.15) is 12.6 Å². The first-order valence-electron chi connectivity index (χ1n) is 15.6. The Morgan fingerprint density at radius 1 is 0.854 bits per heavy atom. The number of nitrogens with one attached hydrogen (secondary N) is 1. The van der Waals surface area contributed by atoms with Crippen molar-refractivity contribution in [2.24, 2.45) is 5.92 Å². The zero-order valence-electron chi connectivity index (χ0n) is 27.9. The van der Waals surface area contributed by atoms with Gasteiger partial charge in [0.15, 0.2) is 11.5 Å². The third-order valence-electron chi connectivity index (χ3n) is 7.89. The van der Waals surface area contributed by atoms with Crippen molar-refractivity contribution in [3.8, 4) is 11.5 Å². The molecule has 0 saturated carbocycles. The number of hydrogen-bond donors (Lipinski definition) is 1. The lowest BCUT2D eigenvalue weighted by molar-refractivity contribution is -0.140. The van der Waals surface area contributed by atoms with Crippen molar-refractivity contribution < 1.29 is 27.5 Å². The average Bonchev–Trinajstić information content (AvgIpc) is 3.08. The highest BCUT2D eigenvalue weighted by atomic mass is 35.5. The molecule has 0 bridgehead atoms. The van der Waals surface area contributed by atoms with Crippen LogP contribution in [0.4, 0.5) is 5.69 Å². The molecule has 1 unspecified atom stereocenters. The fraction of sp³-hybridized carbons (Fsp3) is 0.297. The van der Waals surface area contributed by atoms with E-state index >= 15 is 0 Å². The summed E-state index contributed by atoms with van der Waals surface area (Å²) in [7, 11) is -1.49. The van der Waals surface area contributed by atoms with Crippen LogP contribution in [0, 0.1) is 12.8 Å². The summed E-state index contributed by atoms with van der Waals surface area (Å²) in [5.41, 5.74) is 2.85. The zero-order chi connectivity index (χ0) is 34.8. The molecule has 4 rings (SSSR count). The van der Waals surface area contributed by atoms with Crippen molar-refractivity contribution in [2.45, 2.75) is 44.7 Å². The van der Waals surface area contributed by atoms with E-state index in [4.69, 9.17) is 21.1 Å². The lowest BCUT2D eigenvalue weighted by Gasteiger charge is -2.34. The second-order valence-corrected chi connectivity index (χ2v) is 14.1. The van der Waals surface area contributed by atoms with Gasteiger partial charge in [0.25, 0.3) is 10.0 Å². The Balaban J connectivity index is 1.83. The molecule has 4 aromatic rings. The molecule has 0 aliphatic rings. The molecule has 0 saturated heterocycles. The normalized spacial score (nSPS) is 11.9. The van der Waals surface area contributed by atoms with Gasteiger partial charge in [-0.1, -0.05) is 80.0 Å². The van der Waals surface area contributed by atoms with Crippen LogP contribution in [0.25, 0.3) is 0 Å². The number of carbonyl (C=O) groups is 2. The van der Waals surface area contributed by atoms with Crippen molar-refractivity contribution in [1.29, 1.82) is 0 Å². The van der Waals surface area contributed by atoms with E-state index in [1.807, 2.05) is 75.4 Å². The van der Waals surface area contributed by atoms with Crippen LogP contribution in [0.15, 0.2) is 102 Å². The number of benzene rings is 4. The first kappa shape index (κ1) is 36.3. The van der Waals surface area contributed by atoms with Gasteiger partial charge < -0.3 is 19.7 Å². The topological polar surface area (TPSA) is 105 Å². The van der Waals surface area contributed by atoms with E-state index < -0.39 is 28.5 Å². The standard InChI is InChI=1S/C37H42ClN3O6S/c1-26(2)23-39-37(43)33(21-28-12-7-6-8-13-28)40(24-29-14-10-9-11-27(29)3)36(42)25-41(31-17-15-30(38)16-18-31)48(44,45)32-19-20-34(46-4)35(22-32)47-5/h6-20,22,26,33H,21,23-25H2,1-5H3,(H,39,43). The number of aryl methyl sites for hydroxylation is 1. The molecule has 0 aromatic heterocycles. The van der Waals surface area contributed by atoms with Crippen molar-refractivity contribution in [1.82, 2.24) is 10.2 Å². The van der Waals surface area contributed by atoms with Crippen LogP contribution in [0.3, 0.4) is 0 Å². The van der Waals surface area contributed by atoms with Gasteiger partial charge in [0.05, 0.1) is 24.8 Å². The summed E-state index contributed by atoms with van der Waals surface area (Å²) in [5.74, 6) is -0.134. The number of hydrogen-bond acceptors (Lipinski definition) is 6. The van der Waals surface area contributed by atoms with Crippen LogP contribution in [0.2, 0.25) is 5.02 Å². The largest absolute Gasteiger partial charge is 0.493 e. The van der Waals surface area contributed by atoms with Gasteiger partial charge in [-0.25, -0.2) is 8.42 Å². The SMILES string of the molecule is COc1ccc(S(=O)(=O)N(CC(=O)N(Cc2ccccc2C)C(Cc2ccccc2)C(=O)NCC(C)C)c2ccc(Cl)cc2)cc1OC. The summed E-state index contributed by atoms with van der Waals surface area (Å²) < 4.78 is 40.5. The van der Waals surface area contributed by atoms with E-state index in [-0.39, 0.29) is 41.1 Å². The molecule has 9 nitrogen and oxygen atoms in total. The van der Waals surface area contributed by atoms with E-state index in [2.05, 4.69) is 5.32 Å². The molecule has 4 aromatic carbocycles. The Labute approximate surface area is 288 Å². The van der Waals surface area contributed by atoms with Gasteiger partial charge in [-0.15, -0.1) is 0 Å². The number of sulfonamides is 1. The van der Waals surface area contributed by atoms with E-state index in [1.165, 1.54) is 49.5 Å². The Morgan fingerprint density at radius 3 is 2.12 bits per heavy atom. The number of methoxy groups -OCH3 is 2. The highest BCUT2D eigenvalue weighted by molar-refractivity contribution is 7.92. The molecule has 0 aliphatic heterocycles. The number of anilines is 1. The van der Waals surface area contributed by atoms with E-state index in [1.54, 1.807) is 12.1 Å². The average molecular weight is 692 g/mol. The van der Waals surface area contributed by atoms with Crippen LogP contribution >= 0.6 is 11.6 Å². The smallest absolute Gasteiger partial charge is 0.264 e. The maximum absolute atomic E-state index is 14.7. The summed E-state index contributed by atoms with van der Waals surface area (Å²) in [5, 5.41) is 3.41. The molecule has 0 aliphatic carbocycles. The summed E-state index contributed by atoms with van der Waals surface area (Å²) in [6, 6.07) is 26.6. The third kappa shape index (κ3) is 9.08. The molecule has 1 atom stereocenters. The molecule has 1 N–H and O–H groups in total. The van der Waals surface area contributed by atoms with Gasteiger partial charge in [-0.3, -0.25) is 13.9 Å². The maximum Gasteiger partial charge on any atom is 0.264 e. The maximum atomic E-state index is 14.7. The highest BCUT2D eigenvalue weighted by Crippen LogP contribution is 2.33. The highest BCUT2D eigenvalue weighted by Gasteiger charge is 2.35. The number of rotatable bonds is 15. The van der Waals surface area contributed by atoms with Gasteiger partial charge in [0.2, 0.25) is 11.8 Å². The summed E-state index contributed by atoms with van der Waals surface area (Å²) >= 11 is 6.17. The quantitative estimate of drug-likeness (QED) is 0.158. The minimum absolute atomic E-state index is 0.0863.